The van der Waals surface area contributed by atoms with Gasteiger partial charge >= 0.3 is 0 Å². The number of phenols is 1. The average Bonchev–Trinajstić information content (AvgIpc) is 2.94. The average molecular weight is 475 g/mol. The summed E-state index contributed by atoms with van der Waals surface area (Å²) in [4.78, 5) is 20.8. The minimum absolute atomic E-state index is 0.0427. The van der Waals surface area contributed by atoms with E-state index in [1.165, 1.54) is 24.3 Å². The van der Waals surface area contributed by atoms with Crippen LogP contribution < -0.4 is 10.1 Å². The molecule has 2 N–H and O–H groups in total. The fraction of sp³-hybridized carbons (Fsp3) is 0.417. The molecule has 2 aliphatic heterocycles. The largest absolute Gasteiger partial charge is 0.507 e. The summed E-state index contributed by atoms with van der Waals surface area (Å²) < 4.78 is 20.9. The second kappa shape index (κ2) is 8.83. The molecular formula is C24H28ClFN4O3. The van der Waals surface area contributed by atoms with Crippen molar-refractivity contribution in [1.82, 2.24) is 14.8 Å². The molecule has 0 saturated carbocycles. The number of nitrogens with one attached hydrogen (secondary N) is 1. The van der Waals surface area contributed by atoms with Gasteiger partial charge in [0.05, 0.1) is 17.2 Å². The number of amides is 1. The summed E-state index contributed by atoms with van der Waals surface area (Å²) >= 11 is 6.73. The summed E-state index contributed by atoms with van der Waals surface area (Å²) in [5.41, 5.74) is 0.460. The van der Waals surface area contributed by atoms with Gasteiger partial charge in [-0.2, -0.15) is 0 Å². The zero-order valence-corrected chi connectivity index (χ0v) is 19.7. The Morgan fingerprint density at radius 1 is 1.39 bits per heavy atom. The fourth-order valence-electron chi connectivity index (χ4n) is 4.22. The number of ether oxygens (including phenoxy) is 1. The zero-order chi connectivity index (χ0) is 23.9. The molecule has 1 saturated heterocycles. The molecule has 4 rings (SSSR count). The van der Waals surface area contributed by atoms with Gasteiger partial charge in [-0.25, -0.2) is 9.37 Å². The van der Waals surface area contributed by atoms with Crippen molar-refractivity contribution in [3.05, 3.63) is 47.3 Å². The van der Waals surface area contributed by atoms with Gasteiger partial charge in [0.2, 0.25) is 5.91 Å². The molecule has 1 aromatic heterocycles. The molecule has 1 fully saturated rings. The van der Waals surface area contributed by atoms with E-state index in [-0.39, 0.29) is 39.5 Å². The number of hydrogen-bond acceptors (Lipinski definition) is 6. The summed E-state index contributed by atoms with van der Waals surface area (Å²) in [7, 11) is 0. The molecule has 176 valence electrons. The van der Waals surface area contributed by atoms with E-state index in [2.05, 4.69) is 21.8 Å². The Hall–Kier alpha value is -2.84. The van der Waals surface area contributed by atoms with Crippen molar-refractivity contribution in [3.63, 3.8) is 0 Å². The number of piperazine rings is 1. The van der Waals surface area contributed by atoms with Crippen molar-refractivity contribution >= 4 is 23.3 Å². The van der Waals surface area contributed by atoms with Gasteiger partial charge in [-0.1, -0.05) is 24.2 Å². The number of benzene rings is 1. The molecule has 0 radical (unpaired) electrons. The number of fused-ring (bicyclic) bond motifs is 2. The molecular weight excluding hydrogens is 447 g/mol. The Bertz CT molecular complexity index is 1080. The smallest absolute Gasteiger partial charge is 0.246 e. The third kappa shape index (κ3) is 4.63. The fourth-order valence-corrected chi connectivity index (χ4v) is 4.52. The minimum Gasteiger partial charge on any atom is -0.507 e. The SMILES string of the molecule is C=CC(=O)N1CCN2Cc3c(NC(C)(C)C)nc(-c4c(O)cccc4F)c(Cl)c3OC[C@H]2C1. The van der Waals surface area contributed by atoms with Crippen molar-refractivity contribution in [3.8, 4) is 22.8 Å². The van der Waals surface area contributed by atoms with Gasteiger partial charge < -0.3 is 20.1 Å². The number of anilines is 1. The number of aromatic nitrogens is 1. The molecule has 2 aliphatic rings. The number of rotatable bonds is 3. The number of halogens is 2. The Morgan fingerprint density at radius 3 is 2.82 bits per heavy atom. The van der Waals surface area contributed by atoms with E-state index < -0.39 is 5.82 Å². The van der Waals surface area contributed by atoms with Crippen molar-refractivity contribution in [2.24, 2.45) is 0 Å². The first-order valence-corrected chi connectivity index (χ1v) is 11.2. The van der Waals surface area contributed by atoms with Gasteiger partial charge in [0.15, 0.2) is 0 Å². The number of aromatic hydroxyl groups is 1. The number of carbonyl (C=O) groups excluding carboxylic acids is 1. The van der Waals surface area contributed by atoms with Crippen LogP contribution in [0.25, 0.3) is 11.3 Å². The molecule has 3 heterocycles. The molecule has 0 aliphatic carbocycles. The van der Waals surface area contributed by atoms with E-state index in [0.717, 1.165) is 5.56 Å². The van der Waals surface area contributed by atoms with Crippen LogP contribution in [-0.4, -0.2) is 63.6 Å². The highest BCUT2D eigenvalue weighted by Gasteiger charge is 2.35. The van der Waals surface area contributed by atoms with Crippen LogP contribution in [0.5, 0.6) is 11.5 Å². The molecule has 0 spiro atoms. The molecule has 1 aromatic carbocycles. The van der Waals surface area contributed by atoms with Gasteiger partial charge in [0.25, 0.3) is 0 Å². The van der Waals surface area contributed by atoms with Gasteiger partial charge in [-0.3, -0.25) is 9.69 Å². The standard InChI is InChI=1S/C24H28ClFN4O3/c1-5-18(32)30-10-9-29-12-15-22(33-13-14(29)11-30)20(25)21(27-23(15)28-24(2,3)4)19-16(26)7-6-8-17(19)31/h5-8,14,31H,1,9-13H2,2-4H3,(H,27,28)/t14-/m1/s1. The van der Waals surface area contributed by atoms with Crippen molar-refractivity contribution in [2.75, 3.05) is 31.6 Å². The van der Waals surface area contributed by atoms with Gasteiger partial charge in [0, 0.05) is 31.7 Å². The quantitative estimate of drug-likeness (QED) is 0.653. The van der Waals surface area contributed by atoms with Gasteiger partial charge in [0.1, 0.15) is 40.5 Å². The first-order valence-electron chi connectivity index (χ1n) is 10.9. The highest BCUT2D eigenvalue weighted by atomic mass is 35.5. The monoisotopic (exact) mass is 474 g/mol. The summed E-state index contributed by atoms with van der Waals surface area (Å²) in [6, 6.07) is 4.02. The van der Waals surface area contributed by atoms with Crippen molar-refractivity contribution < 1.29 is 19.0 Å². The first kappa shape index (κ1) is 23.3. The summed E-state index contributed by atoms with van der Waals surface area (Å²) in [6.45, 7) is 12.1. The van der Waals surface area contributed by atoms with Crippen LogP contribution in [0, 0.1) is 5.82 Å². The summed E-state index contributed by atoms with van der Waals surface area (Å²) in [5, 5.41) is 13.9. The molecule has 0 bridgehead atoms. The van der Waals surface area contributed by atoms with E-state index in [9.17, 15) is 14.3 Å². The molecule has 0 unspecified atom stereocenters. The number of phenolic OH excluding ortho intramolecular Hbond substituents is 1. The van der Waals surface area contributed by atoms with Gasteiger partial charge in [-0.15, -0.1) is 0 Å². The number of carbonyl (C=O) groups is 1. The molecule has 9 heteroatoms. The Balaban J connectivity index is 1.80. The lowest BCUT2D eigenvalue weighted by Crippen LogP contribution is -2.55. The summed E-state index contributed by atoms with van der Waals surface area (Å²) in [5.74, 6) is -0.0632. The van der Waals surface area contributed by atoms with E-state index in [0.29, 0.717) is 44.4 Å². The third-order valence-electron chi connectivity index (χ3n) is 5.78. The lowest BCUT2D eigenvalue weighted by Gasteiger charge is -2.39. The maximum absolute atomic E-state index is 14.7. The normalized spacial score (nSPS) is 18.6. The zero-order valence-electron chi connectivity index (χ0n) is 19.0. The van der Waals surface area contributed by atoms with E-state index in [4.69, 9.17) is 16.3 Å². The second-order valence-electron chi connectivity index (χ2n) is 9.36. The number of pyridine rings is 1. The number of nitrogens with zero attached hydrogens (tertiary/aromatic N) is 3. The van der Waals surface area contributed by atoms with E-state index >= 15 is 0 Å². The predicted octanol–water partition coefficient (Wildman–Crippen LogP) is 4.05. The highest BCUT2D eigenvalue weighted by Crippen LogP contribution is 2.45. The van der Waals surface area contributed by atoms with E-state index in [1.807, 2.05) is 20.8 Å². The van der Waals surface area contributed by atoms with Crippen LogP contribution in [-0.2, 0) is 11.3 Å². The van der Waals surface area contributed by atoms with Crippen molar-refractivity contribution in [2.45, 2.75) is 38.9 Å². The highest BCUT2D eigenvalue weighted by molar-refractivity contribution is 6.35. The molecule has 2 aromatic rings. The van der Waals surface area contributed by atoms with Gasteiger partial charge in [-0.05, 0) is 39.0 Å². The van der Waals surface area contributed by atoms with Crippen molar-refractivity contribution in [1.29, 1.82) is 0 Å². The van der Waals surface area contributed by atoms with E-state index in [1.54, 1.807) is 4.90 Å². The second-order valence-corrected chi connectivity index (χ2v) is 9.74. The van der Waals surface area contributed by atoms with Crippen LogP contribution in [0.15, 0.2) is 30.9 Å². The lowest BCUT2D eigenvalue weighted by atomic mass is 10.0. The topological polar surface area (TPSA) is 77.9 Å². The predicted molar refractivity (Wildman–Crippen MR) is 126 cm³/mol. The van der Waals surface area contributed by atoms with Crippen LogP contribution in [0.2, 0.25) is 5.02 Å². The molecule has 33 heavy (non-hydrogen) atoms. The van der Waals surface area contributed by atoms with Crippen LogP contribution in [0.3, 0.4) is 0 Å². The Morgan fingerprint density at radius 2 is 2.15 bits per heavy atom. The summed E-state index contributed by atoms with van der Waals surface area (Å²) in [6.07, 6.45) is 1.32. The first-order chi connectivity index (χ1) is 15.6. The maximum Gasteiger partial charge on any atom is 0.246 e. The van der Waals surface area contributed by atoms with Crippen LogP contribution in [0.4, 0.5) is 10.2 Å². The lowest BCUT2D eigenvalue weighted by molar-refractivity contribution is -0.129. The maximum atomic E-state index is 14.7. The molecule has 1 amide bonds. The third-order valence-corrected chi connectivity index (χ3v) is 6.14. The molecule has 7 nitrogen and oxygen atoms in total. The molecule has 1 atom stereocenters. The Kier molecular flexibility index (Phi) is 6.24. The van der Waals surface area contributed by atoms with Crippen LogP contribution in [0.1, 0.15) is 26.3 Å². The number of hydrogen-bond donors (Lipinski definition) is 2. The van der Waals surface area contributed by atoms with Crippen LogP contribution >= 0.6 is 11.6 Å². The Labute approximate surface area is 197 Å². The minimum atomic E-state index is -0.629.